The lowest BCUT2D eigenvalue weighted by Crippen LogP contribution is -2.49. The fraction of sp³-hybridized carbons (Fsp3) is 0.417. The first-order valence-corrected chi connectivity index (χ1v) is 6.56. The van der Waals surface area contributed by atoms with Crippen molar-refractivity contribution in [3.8, 4) is 0 Å². The molecule has 0 aliphatic carbocycles. The molecule has 0 spiro atoms. The molecular weight excluding hydrogens is 268 g/mol. The third-order valence-electron chi connectivity index (χ3n) is 3.22. The number of halogens is 1. The van der Waals surface area contributed by atoms with Crippen LogP contribution in [0.1, 0.15) is 10.4 Å². The molecular formula is C12H13ClN4O2. The van der Waals surface area contributed by atoms with Crippen LogP contribution in [-0.2, 0) is 4.74 Å². The zero-order chi connectivity index (χ0) is 13.2. The first kappa shape index (κ1) is 12.4. The molecule has 1 unspecified atom stereocenters. The summed E-state index contributed by atoms with van der Waals surface area (Å²) in [6, 6.07) is -0.0884. The van der Waals surface area contributed by atoms with Crippen LogP contribution in [0.4, 0.5) is 0 Å². The lowest BCUT2D eigenvalue weighted by molar-refractivity contribution is 0.00467. The van der Waals surface area contributed by atoms with Gasteiger partial charge in [-0.05, 0) is 0 Å². The molecule has 1 aliphatic rings. The molecule has 100 valence electrons. The quantitative estimate of drug-likeness (QED) is 0.764. The van der Waals surface area contributed by atoms with Gasteiger partial charge in [-0.15, -0.1) is 11.6 Å². The van der Waals surface area contributed by atoms with Gasteiger partial charge in [-0.2, -0.15) is 5.10 Å². The molecule has 0 aromatic carbocycles. The van der Waals surface area contributed by atoms with E-state index < -0.39 is 0 Å². The molecule has 0 saturated carbocycles. The maximum Gasteiger partial charge on any atom is 0.258 e. The van der Waals surface area contributed by atoms with Crippen LogP contribution in [-0.4, -0.2) is 57.1 Å². The van der Waals surface area contributed by atoms with E-state index in [1.165, 1.54) is 0 Å². The predicted octanol–water partition coefficient (Wildman–Crippen LogP) is 0.809. The van der Waals surface area contributed by atoms with Crippen molar-refractivity contribution in [3.63, 3.8) is 0 Å². The van der Waals surface area contributed by atoms with Crippen molar-refractivity contribution in [3.05, 3.63) is 30.4 Å². The van der Waals surface area contributed by atoms with E-state index in [0.29, 0.717) is 36.7 Å². The van der Waals surface area contributed by atoms with E-state index in [1.54, 1.807) is 34.2 Å². The lowest BCUT2D eigenvalue weighted by Gasteiger charge is -2.34. The third-order valence-corrected chi connectivity index (χ3v) is 3.58. The summed E-state index contributed by atoms with van der Waals surface area (Å²) in [4.78, 5) is 18.4. The van der Waals surface area contributed by atoms with E-state index in [1.807, 2.05) is 0 Å². The Labute approximate surface area is 114 Å². The van der Waals surface area contributed by atoms with Crippen LogP contribution in [0.25, 0.3) is 5.52 Å². The normalized spacial score (nSPS) is 19.8. The summed E-state index contributed by atoms with van der Waals surface area (Å²) in [7, 11) is 0. The van der Waals surface area contributed by atoms with Crippen molar-refractivity contribution >= 4 is 23.0 Å². The highest BCUT2D eigenvalue weighted by atomic mass is 35.5. The number of amides is 1. The van der Waals surface area contributed by atoms with Gasteiger partial charge in [0.15, 0.2) is 0 Å². The molecule has 3 rings (SSSR count). The average Bonchev–Trinajstić information content (AvgIpc) is 2.90. The summed E-state index contributed by atoms with van der Waals surface area (Å²) in [6.45, 7) is 1.57. The lowest BCUT2D eigenvalue weighted by atomic mass is 10.2. The van der Waals surface area contributed by atoms with Crippen molar-refractivity contribution in [1.29, 1.82) is 0 Å². The minimum absolute atomic E-state index is 0.0723. The Kier molecular flexibility index (Phi) is 3.35. The molecule has 1 amide bonds. The van der Waals surface area contributed by atoms with Crippen LogP contribution in [0.3, 0.4) is 0 Å². The molecule has 3 heterocycles. The molecule has 19 heavy (non-hydrogen) atoms. The van der Waals surface area contributed by atoms with Crippen LogP contribution in [0.5, 0.6) is 0 Å². The number of morpholine rings is 1. The second kappa shape index (κ2) is 5.14. The number of alkyl halides is 1. The van der Waals surface area contributed by atoms with E-state index in [2.05, 4.69) is 10.1 Å². The first-order chi connectivity index (χ1) is 9.31. The predicted molar refractivity (Wildman–Crippen MR) is 69.4 cm³/mol. The zero-order valence-electron chi connectivity index (χ0n) is 10.2. The average molecular weight is 281 g/mol. The van der Waals surface area contributed by atoms with Crippen LogP contribution in [0, 0.1) is 0 Å². The Morgan fingerprint density at radius 1 is 1.53 bits per heavy atom. The van der Waals surface area contributed by atoms with Gasteiger partial charge in [0, 0.05) is 24.8 Å². The largest absolute Gasteiger partial charge is 0.377 e. The van der Waals surface area contributed by atoms with Gasteiger partial charge < -0.3 is 9.64 Å². The number of hydrogen-bond donors (Lipinski definition) is 0. The van der Waals surface area contributed by atoms with Crippen molar-refractivity contribution < 1.29 is 9.53 Å². The van der Waals surface area contributed by atoms with Crippen LogP contribution in [0.2, 0.25) is 0 Å². The first-order valence-electron chi connectivity index (χ1n) is 6.03. The van der Waals surface area contributed by atoms with Gasteiger partial charge in [0.25, 0.3) is 5.91 Å². The van der Waals surface area contributed by atoms with Crippen LogP contribution >= 0.6 is 11.6 Å². The Balaban J connectivity index is 1.94. The molecule has 2 aromatic rings. The summed E-state index contributed by atoms with van der Waals surface area (Å²) >= 11 is 5.89. The van der Waals surface area contributed by atoms with Crippen LogP contribution < -0.4 is 0 Å². The molecule has 1 aliphatic heterocycles. The highest BCUT2D eigenvalue weighted by Gasteiger charge is 2.29. The van der Waals surface area contributed by atoms with Gasteiger partial charge in [0.1, 0.15) is 0 Å². The number of nitrogens with zero attached hydrogens (tertiary/aromatic N) is 4. The maximum atomic E-state index is 12.6. The number of fused-ring (bicyclic) bond motifs is 1. The van der Waals surface area contributed by atoms with Gasteiger partial charge in [-0.1, -0.05) is 0 Å². The second-order valence-corrected chi connectivity index (χ2v) is 4.65. The molecule has 0 N–H and O–H groups in total. The van der Waals surface area contributed by atoms with Crippen molar-refractivity contribution in [2.24, 2.45) is 0 Å². The number of ether oxygens (including phenoxy) is 1. The minimum atomic E-state index is -0.0884. The van der Waals surface area contributed by atoms with Gasteiger partial charge in [-0.3, -0.25) is 9.78 Å². The molecule has 1 fully saturated rings. The Hall–Kier alpha value is -1.66. The van der Waals surface area contributed by atoms with Crippen LogP contribution in [0.15, 0.2) is 24.8 Å². The van der Waals surface area contributed by atoms with Gasteiger partial charge in [-0.25, -0.2) is 4.52 Å². The highest BCUT2D eigenvalue weighted by molar-refractivity contribution is 6.18. The van der Waals surface area contributed by atoms with E-state index in [9.17, 15) is 4.79 Å². The fourth-order valence-electron chi connectivity index (χ4n) is 2.20. The molecule has 0 radical (unpaired) electrons. The van der Waals surface area contributed by atoms with Gasteiger partial charge in [0.05, 0.1) is 42.7 Å². The molecule has 6 nitrogen and oxygen atoms in total. The van der Waals surface area contributed by atoms with Gasteiger partial charge >= 0.3 is 0 Å². The zero-order valence-corrected chi connectivity index (χ0v) is 11.0. The van der Waals surface area contributed by atoms with E-state index in [-0.39, 0.29) is 11.9 Å². The van der Waals surface area contributed by atoms with Gasteiger partial charge in [0.2, 0.25) is 0 Å². The fourth-order valence-corrected chi connectivity index (χ4v) is 2.46. The standard InChI is InChI=1S/C12H13ClN4O2/c13-5-9-8-19-4-3-16(9)12(18)10-6-15-17-2-1-14-7-11(10)17/h1-2,6-7,9H,3-5,8H2. The monoisotopic (exact) mass is 280 g/mol. The van der Waals surface area contributed by atoms with E-state index >= 15 is 0 Å². The molecule has 2 aromatic heterocycles. The van der Waals surface area contributed by atoms with Crippen molar-refractivity contribution in [1.82, 2.24) is 19.5 Å². The van der Waals surface area contributed by atoms with E-state index in [0.717, 1.165) is 0 Å². The Morgan fingerprint density at radius 3 is 3.26 bits per heavy atom. The number of carbonyl (C=O) groups excluding carboxylic acids is 1. The Morgan fingerprint density at radius 2 is 2.42 bits per heavy atom. The second-order valence-electron chi connectivity index (χ2n) is 4.35. The number of hydrogen-bond acceptors (Lipinski definition) is 4. The topological polar surface area (TPSA) is 59.7 Å². The molecule has 1 atom stereocenters. The smallest absolute Gasteiger partial charge is 0.258 e. The summed E-state index contributed by atoms with van der Waals surface area (Å²) in [5.74, 6) is 0.292. The molecule has 7 heteroatoms. The van der Waals surface area contributed by atoms with Crippen molar-refractivity contribution in [2.45, 2.75) is 6.04 Å². The van der Waals surface area contributed by atoms with E-state index in [4.69, 9.17) is 16.3 Å². The Bertz CT molecular complexity index is 600. The third kappa shape index (κ3) is 2.17. The summed E-state index contributed by atoms with van der Waals surface area (Å²) in [5, 5.41) is 4.15. The van der Waals surface area contributed by atoms with Crippen molar-refractivity contribution in [2.75, 3.05) is 25.6 Å². The SMILES string of the molecule is O=C(c1cnn2ccncc12)N1CCOCC1CCl. The number of aromatic nitrogens is 3. The minimum Gasteiger partial charge on any atom is -0.377 e. The molecule has 1 saturated heterocycles. The molecule has 0 bridgehead atoms. The highest BCUT2D eigenvalue weighted by Crippen LogP contribution is 2.16. The summed E-state index contributed by atoms with van der Waals surface area (Å²) in [6.07, 6.45) is 6.55. The maximum absolute atomic E-state index is 12.6. The number of rotatable bonds is 2. The summed E-state index contributed by atoms with van der Waals surface area (Å²) < 4.78 is 6.98. The number of carbonyl (C=O) groups is 1. The summed E-state index contributed by atoms with van der Waals surface area (Å²) in [5.41, 5.74) is 1.25.